The number of hydrogen-bond donors (Lipinski definition) is 0. The molecule has 0 radical (unpaired) electrons. The summed E-state index contributed by atoms with van der Waals surface area (Å²) in [6, 6.07) is 6.14. The van der Waals surface area contributed by atoms with E-state index in [2.05, 4.69) is 28.9 Å². The highest BCUT2D eigenvalue weighted by Gasteiger charge is 2.23. The number of aldehydes is 1. The van der Waals surface area contributed by atoms with Crippen LogP contribution in [0.3, 0.4) is 0 Å². The fraction of sp³-hybridized carbons (Fsp3) is 0.562. The SMILES string of the molecule is CC(C)N1CCCC(Cc2nnc3cccc(C=O)n23)C1. The second-order valence-electron chi connectivity index (χ2n) is 6.18. The van der Waals surface area contributed by atoms with Crippen LogP contribution < -0.4 is 0 Å². The number of aromatic nitrogens is 3. The van der Waals surface area contributed by atoms with Gasteiger partial charge in [-0.1, -0.05) is 6.07 Å². The Bertz CT molecular complexity index is 634. The second kappa shape index (κ2) is 5.93. The number of piperidine rings is 1. The number of likely N-dealkylation sites (tertiary alicyclic amines) is 1. The van der Waals surface area contributed by atoms with E-state index >= 15 is 0 Å². The molecule has 1 atom stereocenters. The molecule has 0 aliphatic carbocycles. The van der Waals surface area contributed by atoms with E-state index in [9.17, 15) is 4.79 Å². The van der Waals surface area contributed by atoms with Crippen molar-refractivity contribution in [3.63, 3.8) is 0 Å². The standard InChI is InChI=1S/C16H22N4O/c1-12(2)19-8-4-5-13(10-19)9-16-18-17-15-7-3-6-14(11-21)20(15)16/h3,6-7,11-13H,4-5,8-10H2,1-2H3. The number of carbonyl (C=O) groups excluding carboxylic acids is 1. The van der Waals surface area contributed by atoms with Crippen LogP contribution in [0.25, 0.3) is 5.65 Å². The molecule has 1 saturated heterocycles. The maximum absolute atomic E-state index is 11.2. The summed E-state index contributed by atoms with van der Waals surface area (Å²) in [5.41, 5.74) is 1.38. The molecule has 5 nitrogen and oxygen atoms in total. The fourth-order valence-electron chi connectivity index (χ4n) is 3.24. The topological polar surface area (TPSA) is 50.5 Å². The second-order valence-corrected chi connectivity index (χ2v) is 6.18. The van der Waals surface area contributed by atoms with Gasteiger partial charge in [-0.25, -0.2) is 0 Å². The van der Waals surface area contributed by atoms with Crippen LogP contribution in [-0.4, -0.2) is 44.9 Å². The molecule has 0 amide bonds. The molecule has 0 N–H and O–H groups in total. The van der Waals surface area contributed by atoms with Crippen LogP contribution in [-0.2, 0) is 6.42 Å². The summed E-state index contributed by atoms with van der Waals surface area (Å²) < 4.78 is 1.89. The number of fused-ring (bicyclic) bond motifs is 1. The summed E-state index contributed by atoms with van der Waals surface area (Å²) >= 11 is 0. The highest BCUT2D eigenvalue weighted by molar-refractivity contribution is 5.73. The molecule has 3 heterocycles. The highest BCUT2D eigenvalue weighted by atomic mass is 16.1. The average molecular weight is 286 g/mol. The van der Waals surface area contributed by atoms with Crippen molar-refractivity contribution in [3.05, 3.63) is 29.7 Å². The third-order valence-corrected chi connectivity index (χ3v) is 4.40. The van der Waals surface area contributed by atoms with Gasteiger partial charge >= 0.3 is 0 Å². The Hall–Kier alpha value is -1.75. The van der Waals surface area contributed by atoms with Crippen molar-refractivity contribution in [3.8, 4) is 0 Å². The maximum atomic E-state index is 11.2. The predicted molar refractivity (Wildman–Crippen MR) is 81.5 cm³/mol. The normalized spacial score (nSPS) is 20.2. The van der Waals surface area contributed by atoms with Gasteiger partial charge in [0.15, 0.2) is 11.9 Å². The van der Waals surface area contributed by atoms with Crippen molar-refractivity contribution in [2.75, 3.05) is 13.1 Å². The molecule has 1 unspecified atom stereocenters. The number of carbonyl (C=O) groups is 1. The van der Waals surface area contributed by atoms with Crippen molar-refractivity contribution >= 4 is 11.9 Å². The number of nitrogens with zero attached hydrogens (tertiary/aromatic N) is 4. The van der Waals surface area contributed by atoms with E-state index < -0.39 is 0 Å². The molecule has 0 bridgehead atoms. The first-order valence-corrected chi connectivity index (χ1v) is 7.71. The average Bonchev–Trinajstić information content (AvgIpc) is 2.91. The Morgan fingerprint density at radius 2 is 2.24 bits per heavy atom. The lowest BCUT2D eigenvalue weighted by molar-refractivity contribution is 0.111. The van der Waals surface area contributed by atoms with Gasteiger partial charge in [0, 0.05) is 19.0 Å². The summed E-state index contributed by atoms with van der Waals surface area (Å²) in [5, 5.41) is 8.49. The quantitative estimate of drug-likeness (QED) is 0.809. The zero-order valence-corrected chi connectivity index (χ0v) is 12.7. The van der Waals surface area contributed by atoms with E-state index in [1.54, 1.807) is 0 Å². The molecule has 1 aliphatic heterocycles. The van der Waals surface area contributed by atoms with Gasteiger partial charge in [-0.3, -0.25) is 9.20 Å². The first-order valence-electron chi connectivity index (χ1n) is 7.71. The summed E-state index contributed by atoms with van der Waals surface area (Å²) in [6.45, 7) is 6.79. The molecule has 0 aromatic carbocycles. The Labute approximate surface area is 125 Å². The van der Waals surface area contributed by atoms with E-state index in [0.29, 0.717) is 17.7 Å². The predicted octanol–water partition coefficient (Wildman–Crippen LogP) is 2.20. The smallest absolute Gasteiger partial charge is 0.166 e. The Morgan fingerprint density at radius 1 is 1.38 bits per heavy atom. The van der Waals surface area contributed by atoms with Crippen molar-refractivity contribution in [2.24, 2.45) is 5.92 Å². The van der Waals surface area contributed by atoms with Crippen LogP contribution >= 0.6 is 0 Å². The maximum Gasteiger partial charge on any atom is 0.166 e. The summed E-state index contributed by atoms with van der Waals surface area (Å²) in [5.74, 6) is 1.50. The van der Waals surface area contributed by atoms with Crippen molar-refractivity contribution in [1.82, 2.24) is 19.5 Å². The van der Waals surface area contributed by atoms with E-state index in [4.69, 9.17) is 0 Å². The number of pyridine rings is 1. The third kappa shape index (κ3) is 2.83. The van der Waals surface area contributed by atoms with Crippen molar-refractivity contribution in [1.29, 1.82) is 0 Å². The van der Waals surface area contributed by atoms with Crippen LogP contribution in [0.1, 0.15) is 43.0 Å². The van der Waals surface area contributed by atoms with Crippen LogP contribution in [0.5, 0.6) is 0 Å². The zero-order chi connectivity index (χ0) is 14.8. The first-order chi connectivity index (χ1) is 10.2. The van der Waals surface area contributed by atoms with Gasteiger partial charge in [0.1, 0.15) is 5.82 Å². The van der Waals surface area contributed by atoms with E-state index in [1.165, 1.54) is 19.4 Å². The molecule has 0 saturated carbocycles. The van der Waals surface area contributed by atoms with Crippen LogP contribution in [0, 0.1) is 5.92 Å². The largest absolute Gasteiger partial charge is 0.301 e. The Morgan fingerprint density at radius 3 is 3.00 bits per heavy atom. The van der Waals surface area contributed by atoms with Crippen molar-refractivity contribution < 1.29 is 4.79 Å². The minimum Gasteiger partial charge on any atom is -0.301 e. The van der Waals surface area contributed by atoms with Gasteiger partial charge in [0.05, 0.1) is 5.69 Å². The van der Waals surface area contributed by atoms with Gasteiger partial charge in [-0.05, 0) is 51.3 Å². The first kappa shape index (κ1) is 14.2. The minimum atomic E-state index is 0.591. The molecule has 1 aliphatic rings. The highest BCUT2D eigenvalue weighted by Crippen LogP contribution is 2.22. The lowest BCUT2D eigenvalue weighted by atomic mass is 9.93. The molecule has 3 rings (SSSR count). The van der Waals surface area contributed by atoms with Gasteiger partial charge in [0.25, 0.3) is 0 Å². The Kier molecular flexibility index (Phi) is 4.01. The van der Waals surface area contributed by atoms with Crippen LogP contribution in [0.15, 0.2) is 18.2 Å². The lowest BCUT2D eigenvalue weighted by Crippen LogP contribution is -2.40. The van der Waals surface area contributed by atoms with Gasteiger partial charge < -0.3 is 4.90 Å². The third-order valence-electron chi connectivity index (χ3n) is 4.40. The summed E-state index contributed by atoms with van der Waals surface area (Å²) in [6.07, 6.45) is 4.22. The monoisotopic (exact) mass is 286 g/mol. The summed E-state index contributed by atoms with van der Waals surface area (Å²) in [7, 11) is 0. The molecule has 0 spiro atoms. The molecule has 1 fully saturated rings. The van der Waals surface area contributed by atoms with Gasteiger partial charge in [0.2, 0.25) is 0 Å². The van der Waals surface area contributed by atoms with Crippen LogP contribution in [0.2, 0.25) is 0 Å². The molecular formula is C16H22N4O. The van der Waals surface area contributed by atoms with Gasteiger partial charge in [-0.15, -0.1) is 10.2 Å². The van der Waals surface area contributed by atoms with E-state index in [-0.39, 0.29) is 0 Å². The molecule has 112 valence electrons. The number of hydrogen-bond acceptors (Lipinski definition) is 4. The molecule has 21 heavy (non-hydrogen) atoms. The minimum absolute atomic E-state index is 0.591. The molecule has 5 heteroatoms. The molecular weight excluding hydrogens is 264 g/mol. The van der Waals surface area contributed by atoms with Crippen molar-refractivity contribution in [2.45, 2.75) is 39.2 Å². The molecule has 2 aromatic heterocycles. The lowest BCUT2D eigenvalue weighted by Gasteiger charge is -2.35. The van der Waals surface area contributed by atoms with Crippen LogP contribution in [0.4, 0.5) is 0 Å². The van der Waals surface area contributed by atoms with E-state index in [0.717, 1.165) is 30.7 Å². The number of rotatable bonds is 4. The Balaban J connectivity index is 1.83. The molecule has 2 aromatic rings. The van der Waals surface area contributed by atoms with Gasteiger partial charge in [-0.2, -0.15) is 0 Å². The summed E-state index contributed by atoms with van der Waals surface area (Å²) in [4.78, 5) is 13.7. The van der Waals surface area contributed by atoms with E-state index in [1.807, 2.05) is 22.6 Å². The zero-order valence-electron chi connectivity index (χ0n) is 12.7. The fourth-order valence-corrected chi connectivity index (χ4v) is 3.24.